The van der Waals surface area contributed by atoms with Gasteiger partial charge in [0.05, 0.1) is 13.2 Å². The lowest BCUT2D eigenvalue weighted by molar-refractivity contribution is 0.182. The summed E-state index contributed by atoms with van der Waals surface area (Å²) >= 11 is 0. The van der Waals surface area contributed by atoms with Crippen molar-refractivity contribution in [3.63, 3.8) is 0 Å². The Morgan fingerprint density at radius 2 is 2.00 bits per heavy atom. The Balaban J connectivity index is 1.45. The number of likely N-dealkylation sites (tertiary alicyclic amines) is 2. The normalized spacial score (nSPS) is 25.1. The molecule has 2 saturated heterocycles. The van der Waals surface area contributed by atoms with Gasteiger partial charge < -0.3 is 14.9 Å². The molecule has 5 heteroatoms. The molecular weight excluding hydrogens is 276 g/mol. The van der Waals surface area contributed by atoms with E-state index >= 15 is 0 Å². The summed E-state index contributed by atoms with van der Waals surface area (Å²) in [5, 5.41) is 13.5. The van der Waals surface area contributed by atoms with Crippen molar-refractivity contribution in [1.29, 1.82) is 0 Å². The number of aliphatic hydroxyl groups is 1. The lowest BCUT2D eigenvalue weighted by Crippen LogP contribution is -2.37. The number of rotatable bonds is 6. The van der Waals surface area contributed by atoms with Gasteiger partial charge in [-0.2, -0.15) is 5.10 Å². The Morgan fingerprint density at radius 3 is 2.68 bits per heavy atom. The van der Waals surface area contributed by atoms with Crippen LogP contribution in [0.25, 0.3) is 0 Å². The zero-order chi connectivity index (χ0) is 15.4. The van der Waals surface area contributed by atoms with Gasteiger partial charge in [-0.05, 0) is 71.4 Å². The Labute approximate surface area is 133 Å². The van der Waals surface area contributed by atoms with Gasteiger partial charge in [-0.15, -0.1) is 0 Å². The van der Waals surface area contributed by atoms with Gasteiger partial charge in [0.2, 0.25) is 0 Å². The maximum absolute atomic E-state index is 9.13. The number of hydrogen-bond acceptors (Lipinski definition) is 4. The van der Waals surface area contributed by atoms with E-state index in [-0.39, 0.29) is 6.61 Å². The molecule has 0 amide bonds. The first-order valence-electron chi connectivity index (χ1n) is 8.83. The molecule has 124 valence electrons. The molecule has 1 aromatic rings. The first-order chi connectivity index (χ1) is 10.8. The smallest absolute Gasteiger partial charge is 0.0644 e. The Hall–Kier alpha value is -0.910. The minimum absolute atomic E-state index is 0.169. The van der Waals surface area contributed by atoms with Gasteiger partial charge >= 0.3 is 0 Å². The van der Waals surface area contributed by atoms with Crippen molar-refractivity contribution >= 4 is 0 Å². The molecule has 3 rings (SSSR count). The van der Waals surface area contributed by atoms with E-state index in [1.54, 1.807) is 0 Å². The lowest BCUT2D eigenvalue weighted by atomic mass is 9.93. The second-order valence-electron chi connectivity index (χ2n) is 6.88. The maximum Gasteiger partial charge on any atom is 0.0644 e. The lowest BCUT2D eigenvalue weighted by Gasteiger charge is -2.33. The monoisotopic (exact) mass is 306 g/mol. The van der Waals surface area contributed by atoms with E-state index in [9.17, 15) is 0 Å². The number of piperidine rings is 1. The van der Waals surface area contributed by atoms with Crippen LogP contribution in [0.15, 0.2) is 12.3 Å². The highest BCUT2D eigenvalue weighted by atomic mass is 16.3. The topological polar surface area (TPSA) is 44.5 Å². The van der Waals surface area contributed by atoms with E-state index in [2.05, 4.69) is 28.0 Å². The van der Waals surface area contributed by atoms with Gasteiger partial charge in [-0.25, -0.2) is 0 Å². The third-order valence-corrected chi connectivity index (χ3v) is 5.52. The summed E-state index contributed by atoms with van der Waals surface area (Å²) < 4.78 is 1.98. The fraction of sp³-hybridized carbons (Fsp3) is 0.824. The van der Waals surface area contributed by atoms with Crippen LogP contribution in [0, 0.1) is 0 Å². The molecule has 0 aliphatic carbocycles. The maximum atomic E-state index is 9.13. The fourth-order valence-electron chi connectivity index (χ4n) is 4.10. The number of nitrogens with zero attached hydrogens (tertiary/aromatic N) is 4. The van der Waals surface area contributed by atoms with Crippen LogP contribution in [0.5, 0.6) is 0 Å². The largest absolute Gasteiger partial charge is 0.394 e. The van der Waals surface area contributed by atoms with Crippen LogP contribution >= 0.6 is 0 Å². The minimum atomic E-state index is 0.169. The van der Waals surface area contributed by atoms with Crippen molar-refractivity contribution in [3.8, 4) is 0 Å². The van der Waals surface area contributed by atoms with E-state index in [0.29, 0.717) is 12.5 Å². The summed E-state index contributed by atoms with van der Waals surface area (Å²) in [6.45, 7) is 5.72. The van der Waals surface area contributed by atoms with Gasteiger partial charge in [-0.3, -0.25) is 4.68 Å². The molecule has 0 radical (unpaired) electrons. The molecule has 2 aliphatic heterocycles. The molecule has 1 atom stereocenters. The van der Waals surface area contributed by atoms with Crippen LogP contribution in [0.2, 0.25) is 0 Å². The van der Waals surface area contributed by atoms with Gasteiger partial charge in [-0.1, -0.05) is 0 Å². The van der Waals surface area contributed by atoms with Gasteiger partial charge in [0.1, 0.15) is 0 Å². The Morgan fingerprint density at radius 1 is 1.18 bits per heavy atom. The molecule has 0 aromatic carbocycles. The SMILES string of the molecule is CN1CCCC1CCN1CCC(c2ccnn2CCO)CC1. The summed E-state index contributed by atoms with van der Waals surface area (Å²) in [7, 11) is 2.27. The molecule has 5 nitrogen and oxygen atoms in total. The van der Waals surface area contributed by atoms with Gasteiger partial charge in [0.15, 0.2) is 0 Å². The summed E-state index contributed by atoms with van der Waals surface area (Å²) in [4.78, 5) is 5.16. The molecule has 3 heterocycles. The van der Waals surface area contributed by atoms with Crippen molar-refractivity contribution in [2.75, 3.05) is 39.8 Å². The van der Waals surface area contributed by atoms with E-state index < -0.39 is 0 Å². The first kappa shape index (κ1) is 16.0. The molecule has 0 saturated carbocycles. The molecule has 1 unspecified atom stereocenters. The van der Waals surface area contributed by atoms with Crippen molar-refractivity contribution in [2.24, 2.45) is 0 Å². The average Bonchev–Trinajstić information content (AvgIpc) is 3.15. The highest BCUT2D eigenvalue weighted by molar-refractivity contribution is 5.09. The molecular formula is C17H30N4O. The Bertz CT molecular complexity index is 453. The van der Waals surface area contributed by atoms with Crippen molar-refractivity contribution in [3.05, 3.63) is 18.0 Å². The Kier molecular flexibility index (Phi) is 5.50. The molecule has 2 aliphatic rings. The van der Waals surface area contributed by atoms with Crippen LogP contribution in [-0.4, -0.2) is 70.6 Å². The zero-order valence-electron chi connectivity index (χ0n) is 13.8. The summed E-state index contributed by atoms with van der Waals surface area (Å²) in [5.74, 6) is 0.611. The third-order valence-electron chi connectivity index (χ3n) is 5.52. The van der Waals surface area contributed by atoms with E-state index in [1.165, 1.54) is 64.0 Å². The number of aliphatic hydroxyl groups excluding tert-OH is 1. The van der Waals surface area contributed by atoms with E-state index in [0.717, 1.165) is 6.04 Å². The quantitative estimate of drug-likeness (QED) is 0.866. The standard InChI is InChI=1S/C17H30N4O/c1-19-9-2-3-16(19)7-12-20-10-5-15(6-11-20)17-4-8-18-21(17)13-14-22/h4,8,15-16,22H,2-3,5-7,9-14H2,1H3. The summed E-state index contributed by atoms with van der Waals surface area (Å²) in [6, 6.07) is 2.94. The van der Waals surface area contributed by atoms with E-state index in [1.807, 2.05) is 10.9 Å². The number of aromatic nitrogens is 2. The minimum Gasteiger partial charge on any atom is -0.394 e. The highest BCUT2D eigenvalue weighted by Crippen LogP contribution is 2.28. The molecule has 0 bridgehead atoms. The van der Waals surface area contributed by atoms with Crippen LogP contribution in [0.3, 0.4) is 0 Å². The van der Waals surface area contributed by atoms with Crippen molar-refractivity contribution in [1.82, 2.24) is 19.6 Å². The molecule has 1 N–H and O–H groups in total. The second-order valence-corrected chi connectivity index (χ2v) is 6.88. The predicted molar refractivity (Wildman–Crippen MR) is 88.0 cm³/mol. The number of hydrogen-bond donors (Lipinski definition) is 1. The van der Waals surface area contributed by atoms with Crippen LogP contribution in [-0.2, 0) is 6.54 Å². The van der Waals surface area contributed by atoms with Crippen LogP contribution in [0.4, 0.5) is 0 Å². The molecule has 2 fully saturated rings. The van der Waals surface area contributed by atoms with E-state index in [4.69, 9.17) is 5.11 Å². The third kappa shape index (κ3) is 3.70. The molecule has 0 spiro atoms. The summed E-state index contributed by atoms with van der Waals surface area (Å²) in [5.41, 5.74) is 1.31. The summed E-state index contributed by atoms with van der Waals surface area (Å²) in [6.07, 6.45) is 8.39. The van der Waals surface area contributed by atoms with Crippen molar-refractivity contribution < 1.29 is 5.11 Å². The predicted octanol–water partition coefficient (Wildman–Crippen LogP) is 1.54. The van der Waals surface area contributed by atoms with Gasteiger partial charge in [0, 0.05) is 23.9 Å². The van der Waals surface area contributed by atoms with Crippen LogP contribution in [0.1, 0.15) is 43.7 Å². The fourth-order valence-corrected chi connectivity index (χ4v) is 4.10. The van der Waals surface area contributed by atoms with Crippen LogP contribution < -0.4 is 0 Å². The molecule has 22 heavy (non-hydrogen) atoms. The second kappa shape index (κ2) is 7.57. The average molecular weight is 306 g/mol. The zero-order valence-corrected chi connectivity index (χ0v) is 13.8. The first-order valence-corrected chi connectivity index (χ1v) is 8.83. The highest BCUT2D eigenvalue weighted by Gasteiger charge is 2.25. The van der Waals surface area contributed by atoms with Crippen molar-refractivity contribution in [2.45, 2.75) is 50.6 Å². The van der Waals surface area contributed by atoms with Gasteiger partial charge in [0.25, 0.3) is 0 Å². The molecule has 1 aromatic heterocycles.